The summed E-state index contributed by atoms with van der Waals surface area (Å²) in [6.45, 7) is 16.8. The van der Waals surface area contributed by atoms with E-state index in [2.05, 4.69) is 41.5 Å². The molecule has 0 atom stereocenters. The zero-order valence-electron chi connectivity index (χ0n) is 14.2. The van der Waals surface area contributed by atoms with Crippen LogP contribution < -0.4 is 0 Å². The SMILES string of the molecule is CC(C)(C)CCCCCOCCOCCC(C)(C)C. The molecule has 2 nitrogen and oxygen atoms in total. The molecule has 0 heterocycles. The molecule has 0 unspecified atom stereocenters. The fourth-order valence-corrected chi connectivity index (χ4v) is 1.74. The highest BCUT2D eigenvalue weighted by molar-refractivity contribution is 4.61. The van der Waals surface area contributed by atoms with E-state index in [1.807, 2.05) is 0 Å². The molecule has 116 valence electrons. The Bertz CT molecular complexity index is 176. The quantitative estimate of drug-likeness (QED) is 0.517. The highest BCUT2D eigenvalue weighted by Crippen LogP contribution is 2.21. The average Bonchev–Trinajstić information content (AvgIpc) is 2.22. The standard InChI is InChI=1S/C17H36O2/c1-16(2,3)10-8-7-9-12-18-14-15-19-13-11-17(4,5)6/h7-15H2,1-6H3. The average molecular weight is 272 g/mol. The van der Waals surface area contributed by atoms with Crippen molar-refractivity contribution in [3.05, 3.63) is 0 Å². The molecular formula is C17H36O2. The van der Waals surface area contributed by atoms with Crippen molar-refractivity contribution in [1.82, 2.24) is 0 Å². The van der Waals surface area contributed by atoms with Crippen LogP contribution in [-0.2, 0) is 9.47 Å². The number of ether oxygens (including phenoxy) is 2. The summed E-state index contributed by atoms with van der Waals surface area (Å²) >= 11 is 0. The number of rotatable bonds is 10. The van der Waals surface area contributed by atoms with Gasteiger partial charge in [0.15, 0.2) is 0 Å². The first-order valence-electron chi connectivity index (χ1n) is 7.86. The summed E-state index contributed by atoms with van der Waals surface area (Å²) in [4.78, 5) is 0. The number of unbranched alkanes of at least 4 members (excludes halogenated alkanes) is 2. The normalized spacial score (nSPS) is 12.9. The Hall–Kier alpha value is -0.0800. The summed E-state index contributed by atoms with van der Waals surface area (Å²) in [5.74, 6) is 0. The fraction of sp³-hybridized carbons (Fsp3) is 1.00. The molecular weight excluding hydrogens is 236 g/mol. The van der Waals surface area contributed by atoms with Gasteiger partial charge < -0.3 is 9.47 Å². The minimum atomic E-state index is 0.369. The lowest BCUT2D eigenvalue weighted by atomic mass is 9.89. The van der Waals surface area contributed by atoms with Gasteiger partial charge in [-0.05, 0) is 30.1 Å². The van der Waals surface area contributed by atoms with E-state index in [9.17, 15) is 0 Å². The zero-order chi connectivity index (χ0) is 14.8. The van der Waals surface area contributed by atoms with E-state index < -0.39 is 0 Å². The molecule has 0 bridgehead atoms. The Morgan fingerprint density at radius 2 is 1.05 bits per heavy atom. The van der Waals surface area contributed by atoms with Gasteiger partial charge in [-0.1, -0.05) is 54.4 Å². The van der Waals surface area contributed by atoms with E-state index >= 15 is 0 Å². The van der Waals surface area contributed by atoms with Crippen LogP contribution in [0.3, 0.4) is 0 Å². The van der Waals surface area contributed by atoms with Crippen LogP contribution in [0.4, 0.5) is 0 Å². The summed E-state index contributed by atoms with van der Waals surface area (Å²) in [7, 11) is 0. The Labute approximate surface area is 121 Å². The van der Waals surface area contributed by atoms with Crippen LogP contribution in [0.2, 0.25) is 0 Å². The van der Waals surface area contributed by atoms with Gasteiger partial charge in [0, 0.05) is 13.2 Å². The Morgan fingerprint density at radius 3 is 1.58 bits per heavy atom. The molecule has 0 radical (unpaired) electrons. The molecule has 19 heavy (non-hydrogen) atoms. The molecule has 0 saturated heterocycles. The van der Waals surface area contributed by atoms with Crippen molar-refractivity contribution in [2.75, 3.05) is 26.4 Å². The van der Waals surface area contributed by atoms with Gasteiger partial charge in [0.1, 0.15) is 0 Å². The van der Waals surface area contributed by atoms with Gasteiger partial charge in [-0.25, -0.2) is 0 Å². The molecule has 0 fully saturated rings. The van der Waals surface area contributed by atoms with Gasteiger partial charge in [-0.2, -0.15) is 0 Å². The van der Waals surface area contributed by atoms with Crippen LogP contribution in [0.5, 0.6) is 0 Å². The molecule has 0 aliphatic heterocycles. The van der Waals surface area contributed by atoms with E-state index in [1.54, 1.807) is 0 Å². The predicted octanol–water partition coefficient (Wildman–Crippen LogP) is 5.06. The lowest BCUT2D eigenvalue weighted by Gasteiger charge is -2.17. The van der Waals surface area contributed by atoms with Crippen molar-refractivity contribution in [2.45, 2.75) is 73.6 Å². The van der Waals surface area contributed by atoms with Crippen LogP contribution in [0.15, 0.2) is 0 Å². The smallest absolute Gasteiger partial charge is 0.0700 e. The maximum absolute atomic E-state index is 5.57. The second-order valence-electron chi connectivity index (χ2n) is 7.91. The predicted molar refractivity (Wildman–Crippen MR) is 83.6 cm³/mol. The summed E-state index contributed by atoms with van der Waals surface area (Å²) in [5, 5.41) is 0. The van der Waals surface area contributed by atoms with Crippen molar-refractivity contribution >= 4 is 0 Å². The van der Waals surface area contributed by atoms with Crippen molar-refractivity contribution in [2.24, 2.45) is 10.8 Å². The van der Waals surface area contributed by atoms with Gasteiger partial charge in [-0.3, -0.25) is 0 Å². The van der Waals surface area contributed by atoms with Gasteiger partial charge in [0.25, 0.3) is 0 Å². The molecule has 0 aliphatic carbocycles. The third-order valence-corrected chi connectivity index (χ3v) is 3.08. The topological polar surface area (TPSA) is 18.5 Å². The summed E-state index contributed by atoms with van der Waals surface area (Å²) in [6, 6.07) is 0. The van der Waals surface area contributed by atoms with E-state index in [0.717, 1.165) is 32.8 Å². The van der Waals surface area contributed by atoms with Crippen LogP contribution in [0, 0.1) is 10.8 Å². The van der Waals surface area contributed by atoms with Crippen molar-refractivity contribution in [3.63, 3.8) is 0 Å². The fourth-order valence-electron chi connectivity index (χ4n) is 1.74. The molecule has 0 aliphatic rings. The molecule has 0 rings (SSSR count). The first kappa shape index (κ1) is 18.9. The molecule has 0 N–H and O–H groups in total. The summed E-state index contributed by atoms with van der Waals surface area (Å²) in [6.07, 6.45) is 6.19. The molecule has 2 heteroatoms. The maximum atomic E-state index is 5.57. The van der Waals surface area contributed by atoms with Crippen LogP contribution >= 0.6 is 0 Å². The largest absolute Gasteiger partial charge is 0.379 e. The van der Waals surface area contributed by atoms with Gasteiger partial charge in [-0.15, -0.1) is 0 Å². The minimum Gasteiger partial charge on any atom is -0.379 e. The second-order valence-corrected chi connectivity index (χ2v) is 7.91. The van der Waals surface area contributed by atoms with Crippen molar-refractivity contribution < 1.29 is 9.47 Å². The van der Waals surface area contributed by atoms with Crippen LogP contribution in [0.25, 0.3) is 0 Å². The first-order chi connectivity index (χ1) is 8.71. The van der Waals surface area contributed by atoms with E-state index in [1.165, 1.54) is 25.7 Å². The monoisotopic (exact) mass is 272 g/mol. The third kappa shape index (κ3) is 17.9. The van der Waals surface area contributed by atoms with Crippen LogP contribution in [-0.4, -0.2) is 26.4 Å². The molecule has 0 amide bonds. The third-order valence-electron chi connectivity index (χ3n) is 3.08. The molecule has 0 aromatic rings. The summed E-state index contributed by atoms with van der Waals surface area (Å²) in [5.41, 5.74) is 0.843. The highest BCUT2D eigenvalue weighted by atomic mass is 16.5. The molecule has 0 aromatic heterocycles. The lowest BCUT2D eigenvalue weighted by Crippen LogP contribution is -2.12. The lowest BCUT2D eigenvalue weighted by molar-refractivity contribution is 0.0374. The Kier molecular flexibility index (Phi) is 9.72. The van der Waals surface area contributed by atoms with E-state index in [4.69, 9.17) is 9.47 Å². The molecule has 0 aromatic carbocycles. The summed E-state index contributed by atoms with van der Waals surface area (Å²) < 4.78 is 11.1. The minimum absolute atomic E-state index is 0.369. The van der Waals surface area contributed by atoms with Gasteiger partial charge >= 0.3 is 0 Å². The first-order valence-corrected chi connectivity index (χ1v) is 7.86. The van der Waals surface area contributed by atoms with Gasteiger partial charge in [0.2, 0.25) is 0 Å². The Morgan fingerprint density at radius 1 is 0.526 bits per heavy atom. The highest BCUT2D eigenvalue weighted by Gasteiger charge is 2.09. The zero-order valence-corrected chi connectivity index (χ0v) is 14.2. The molecule has 0 saturated carbocycles. The number of hydrogen-bond acceptors (Lipinski definition) is 2. The Balaban J connectivity index is 3.12. The maximum Gasteiger partial charge on any atom is 0.0700 e. The van der Waals surface area contributed by atoms with Gasteiger partial charge in [0.05, 0.1) is 13.2 Å². The number of hydrogen-bond donors (Lipinski definition) is 0. The molecule has 0 spiro atoms. The van der Waals surface area contributed by atoms with Crippen molar-refractivity contribution in [1.29, 1.82) is 0 Å². The van der Waals surface area contributed by atoms with E-state index in [0.29, 0.717) is 10.8 Å². The van der Waals surface area contributed by atoms with Crippen LogP contribution in [0.1, 0.15) is 73.6 Å². The van der Waals surface area contributed by atoms with Crippen molar-refractivity contribution in [3.8, 4) is 0 Å². The second kappa shape index (κ2) is 9.77. The van der Waals surface area contributed by atoms with E-state index in [-0.39, 0.29) is 0 Å².